The Hall–Kier alpha value is -3.26. The molecule has 1 unspecified atom stereocenters. The summed E-state index contributed by atoms with van der Waals surface area (Å²) in [5.74, 6) is -0.453. The van der Waals surface area contributed by atoms with E-state index in [0.29, 0.717) is 20.6 Å². The highest BCUT2D eigenvalue weighted by atomic mass is 32.1. The van der Waals surface area contributed by atoms with Crippen molar-refractivity contribution in [3.8, 4) is 0 Å². The SMILES string of the molecule is CCOC(=O)C1=C(C)N=c2s/c(=C\c3c(C)nn(C)c3C)c(=O)n2C1c1ccccc1. The molecule has 4 rings (SSSR count). The lowest BCUT2D eigenvalue weighted by Gasteiger charge is -2.24. The minimum Gasteiger partial charge on any atom is -0.463 e. The monoisotopic (exact) mass is 436 g/mol. The van der Waals surface area contributed by atoms with Crippen molar-refractivity contribution in [3.05, 3.63) is 83.8 Å². The summed E-state index contributed by atoms with van der Waals surface area (Å²) in [6.07, 6.45) is 1.87. The third kappa shape index (κ3) is 3.57. The second-order valence-electron chi connectivity index (χ2n) is 7.42. The summed E-state index contributed by atoms with van der Waals surface area (Å²) in [6.45, 7) is 7.69. The molecule has 0 N–H and O–H groups in total. The van der Waals surface area contributed by atoms with Crippen molar-refractivity contribution < 1.29 is 9.53 Å². The molecule has 0 radical (unpaired) electrons. The minimum absolute atomic E-state index is 0.186. The Morgan fingerprint density at radius 1 is 1.23 bits per heavy atom. The highest BCUT2D eigenvalue weighted by molar-refractivity contribution is 7.07. The lowest BCUT2D eigenvalue weighted by atomic mass is 9.96. The van der Waals surface area contributed by atoms with Crippen LogP contribution in [-0.2, 0) is 16.6 Å². The average molecular weight is 437 g/mol. The first-order chi connectivity index (χ1) is 14.8. The number of esters is 1. The van der Waals surface area contributed by atoms with Crippen molar-refractivity contribution in [2.75, 3.05) is 6.61 Å². The largest absolute Gasteiger partial charge is 0.463 e. The van der Waals surface area contributed by atoms with Gasteiger partial charge < -0.3 is 4.74 Å². The summed E-state index contributed by atoms with van der Waals surface area (Å²) >= 11 is 1.32. The van der Waals surface area contributed by atoms with Gasteiger partial charge in [0.15, 0.2) is 4.80 Å². The maximum absolute atomic E-state index is 13.5. The lowest BCUT2D eigenvalue weighted by Crippen LogP contribution is -2.39. The molecule has 0 fully saturated rings. The van der Waals surface area contributed by atoms with Crippen LogP contribution in [0, 0.1) is 13.8 Å². The number of carbonyl (C=O) groups excluding carboxylic acids is 1. The molecule has 8 heteroatoms. The molecular formula is C23H24N4O3S. The Morgan fingerprint density at radius 2 is 1.94 bits per heavy atom. The Labute approximate surface area is 183 Å². The van der Waals surface area contributed by atoms with E-state index in [1.807, 2.05) is 57.3 Å². The average Bonchev–Trinajstić information content (AvgIpc) is 3.17. The number of fused-ring (bicyclic) bond motifs is 1. The van der Waals surface area contributed by atoms with E-state index in [-0.39, 0.29) is 12.2 Å². The molecular weight excluding hydrogens is 412 g/mol. The summed E-state index contributed by atoms with van der Waals surface area (Å²) in [5, 5.41) is 4.44. The number of aromatic nitrogens is 3. The van der Waals surface area contributed by atoms with Gasteiger partial charge in [0.1, 0.15) is 0 Å². The van der Waals surface area contributed by atoms with Crippen molar-refractivity contribution in [1.29, 1.82) is 0 Å². The van der Waals surface area contributed by atoms with Crippen LogP contribution in [-0.4, -0.2) is 26.9 Å². The second-order valence-corrected chi connectivity index (χ2v) is 8.43. The van der Waals surface area contributed by atoms with Gasteiger partial charge in [-0.3, -0.25) is 14.0 Å². The molecule has 0 spiro atoms. The summed E-state index contributed by atoms with van der Waals surface area (Å²) in [7, 11) is 1.88. The van der Waals surface area contributed by atoms with Gasteiger partial charge in [-0.05, 0) is 39.3 Å². The fraction of sp³-hybridized carbons (Fsp3) is 0.304. The van der Waals surface area contributed by atoms with Gasteiger partial charge in [-0.25, -0.2) is 9.79 Å². The quantitative estimate of drug-likeness (QED) is 0.587. The molecule has 0 bridgehead atoms. The van der Waals surface area contributed by atoms with Crippen LogP contribution in [0.15, 0.2) is 51.4 Å². The third-order valence-electron chi connectivity index (χ3n) is 5.47. The smallest absolute Gasteiger partial charge is 0.338 e. The van der Waals surface area contributed by atoms with Gasteiger partial charge in [0.05, 0.1) is 34.1 Å². The first-order valence-electron chi connectivity index (χ1n) is 10.1. The first kappa shape index (κ1) is 21.0. The van der Waals surface area contributed by atoms with Gasteiger partial charge >= 0.3 is 5.97 Å². The Bertz CT molecular complexity index is 1380. The molecule has 2 aromatic heterocycles. The number of thiazole rings is 1. The van der Waals surface area contributed by atoms with Gasteiger partial charge in [0.2, 0.25) is 0 Å². The van der Waals surface area contributed by atoms with E-state index < -0.39 is 12.0 Å². The fourth-order valence-electron chi connectivity index (χ4n) is 3.87. The molecule has 1 atom stereocenters. The first-order valence-corrected chi connectivity index (χ1v) is 10.9. The molecule has 31 heavy (non-hydrogen) atoms. The molecule has 1 aliphatic heterocycles. The number of rotatable bonds is 4. The summed E-state index contributed by atoms with van der Waals surface area (Å²) in [6, 6.07) is 8.93. The van der Waals surface area contributed by atoms with Gasteiger partial charge in [-0.1, -0.05) is 41.7 Å². The minimum atomic E-state index is -0.588. The molecule has 0 saturated heterocycles. The van der Waals surface area contributed by atoms with Gasteiger partial charge in [-0.2, -0.15) is 5.10 Å². The van der Waals surface area contributed by atoms with E-state index in [2.05, 4.69) is 10.1 Å². The maximum Gasteiger partial charge on any atom is 0.338 e. The highest BCUT2D eigenvalue weighted by Gasteiger charge is 2.33. The van der Waals surface area contributed by atoms with Crippen LogP contribution in [0.4, 0.5) is 0 Å². The normalized spacial score (nSPS) is 16.3. The zero-order valence-corrected chi connectivity index (χ0v) is 19.0. The van der Waals surface area contributed by atoms with Crippen molar-refractivity contribution in [3.63, 3.8) is 0 Å². The molecule has 1 aliphatic rings. The molecule has 160 valence electrons. The molecule has 0 saturated carbocycles. The van der Waals surface area contributed by atoms with Crippen LogP contribution in [0.25, 0.3) is 6.08 Å². The maximum atomic E-state index is 13.5. The number of aryl methyl sites for hydroxylation is 2. The number of allylic oxidation sites excluding steroid dienone is 1. The lowest BCUT2D eigenvalue weighted by molar-refractivity contribution is -0.139. The molecule has 3 aromatic rings. The van der Waals surface area contributed by atoms with E-state index in [9.17, 15) is 9.59 Å². The second kappa shape index (κ2) is 8.11. The number of hydrogen-bond acceptors (Lipinski definition) is 6. The van der Waals surface area contributed by atoms with E-state index in [1.54, 1.807) is 23.1 Å². The van der Waals surface area contributed by atoms with E-state index in [1.165, 1.54) is 11.3 Å². The predicted octanol–water partition coefficient (Wildman–Crippen LogP) is 2.15. The molecule has 7 nitrogen and oxygen atoms in total. The summed E-state index contributed by atoms with van der Waals surface area (Å²) in [4.78, 5) is 31.5. The summed E-state index contributed by atoms with van der Waals surface area (Å²) < 4.78 is 9.26. The van der Waals surface area contributed by atoms with Gasteiger partial charge in [0.25, 0.3) is 5.56 Å². The standard InChI is InChI=1S/C23H24N4O3S/c1-6-30-22(29)19-14(3)24-23-27(20(19)16-10-8-7-9-11-16)21(28)18(31-23)12-17-13(2)25-26(5)15(17)4/h7-12,20H,6H2,1-5H3/b18-12-. The highest BCUT2D eigenvalue weighted by Crippen LogP contribution is 2.30. The van der Waals surface area contributed by atoms with Crippen molar-refractivity contribution in [2.45, 2.75) is 33.7 Å². The van der Waals surface area contributed by atoms with E-state index >= 15 is 0 Å². The number of ether oxygens (including phenoxy) is 1. The van der Waals surface area contributed by atoms with Crippen LogP contribution in [0.2, 0.25) is 0 Å². The molecule has 3 heterocycles. The van der Waals surface area contributed by atoms with Crippen LogP contribution < -0.4 is 14.9 Å². The Balaban J connectivity index is 1.99. The number of carbonyl (C=O) groups is 1. The van der Waals surface area contributed by atoms with Gasteiger partial charge in [-0.15, -0.1) is 0 Å². The van der Waals surface area contributed by atoms with Crippen molar-refractivity contribution in [2.24, 2.45) is 12.0 Å². The molecule has 0 aliphatic carbocycles. The Morgan fingerprint density at radius 3 is 2.55 bits per heavy atom. The van der Waals surface area contributed by atoms with Crippen molar-refractivity contribution in [1.82, 2.24) is 14.3 Å². The molecule has 0 amide bonds. The van der Waals surface area contributed by atoms with Gasteiger partial charge in [0, 0.05) is 18.3 Å². The zero-order valence-electron chi connectivity index (χ0n) is 18.2. The zero-order chi connectivity index (χ0) is 22.3. The van der Waals surface area contributed by atoms with E-state index in [4.69, 9.17) is 4.74 Å². The number of benzene rings is 1. The predicted molar refractivity (Wildman–Crippen MR) is 120 cm³/mol. The van der Waals surface area contributed by atoms with Crippen LogP contribution >= 0.6 is 11.3 Å². The molecule has 1 aromatic carbocycles. The van der Waals surface area contributed by atoms with Crippen molar-refractivity contribution >= 4 is 23.4 Å². The fourth-order valence-corrected chi connectivity index (χ4v) is 4.90. The van der Waals surface area contributed by atoms with Crippen LogP contribution in [0.5, 0.6) is 0 Å². The summed E-state index contributed by atoms with van der Waals surface area (Å²) in [5.41, 5.74) is 4.36. The number of nitrogens with zero attached hydrogens (tertiary/aromatic N) is 4. The van der Waals surface area contributed by atoms with E-state index in [0.717, 1.165) is 22.5 Å². The third-order valence-corrected chi connectivity index (χ3v) is 6.46. The van der Waals surface area contributed by atoms with Crippen LogP contribution in [0.3, 0.4) is 0 Å². The Kier molecular flexibility index (Phi) is 5.49. The topological polar surface area (TPSA) is 78.5 Å². The number of hydrogen-bond donors (Lipinski definition) is 0. The van der Waals surface area contributed by atoms with Crippen LogP contribution in [0.1, 0.15) is 42.4 Å².